The second-order valence-electron chi connectivity index (χ2n) is 3.94. The molecule has 0 amide bonds. The third-order valence-electron chi connectivity index (χ3n) is 2.59. The summed E-state index contributed by atoms with van der Waals surface area (Å²) in [6.07, 6.45) is 1.63. The zero-order valence-corrected chi connectivity index (χ0v) is 11.2. The Labute approximate surface area is 107 Å². The van der Waals surface area contributed by atoms with E-state index in [9.17, 15) is 4.39 Å². The number of benzene rings is 1. The standard InChI is InChI=1S/C13H20FNOS/c1-3-11(15)9-10-5-4-6-12(14)13(10)17-8-7-16-2/h4-6,11H,3,7-9,15H2,1-2H3. The summed E-state index contributed by atoms with van der Waals surface area (Å²) in [6.45, 7) is 2.67. The molecule has 0 bridgehead atoms. The molecular weight excluding hydrogens is 237 g/mol. The predicted molar refractivity (Wildman–Crippen MR) is 71.0 cm³/mol. The lowest BCUT2D eigenvalue weighted by atomic mass is 10.0. The molecule has 1 aromatic rings. The van der Waals surface area contributed by atoms with Crippen LogP contribution in [0.4, 0.5) is 4.39 Å². The molecule has 0 aliphatic carbocycles. The molecule has 0 saturated heterocycles. The Hall–Kier alpha value is -0.580. The molecule has 0 aromatic heterocycles. The third-order valence-corrected chi connectivity index (χ3v) is 3.71. The van der Waals surface area contributed by atoms with Gasteiger partial charge in [0, 0.05) is 23.8 Å². The first-order chi connectivity index (χ1) is 8.19. The molecule has 1 aromatic carbocycles. The van der Waals surface area contributed by atoms with Crippen molar-refractivity contribution in [3.8, 4) is 0 Å². The van der Waals surface area contributed by atoms with Gasteiger partial charge in [-0.15, -0.1) is 11.8 Å². The van der Waals surface area contributed by atoms with E-state index in [1.807, 2.05) is 13.0 Å². The van der Waals surface area contributed by atoms with Gasteiger partial charge in [-0.1, -0.05) is 19.1 Å². The van der Waals surface area contributed by atoms with Crippen LogP contribution in [-0.2, 0) is 11.2 Å². The lowest BCUT2D eigenvalue weighted by molar-refractivity contribution is 0.218. The molecule has 1 unspecified atom stereocenters. The van der Waals surface area contributed by atoms with Crippen molar-refractivity contribution in [3.05, 3.63) is 29.6 Å². The number of hydrogen-bond donors (Lipinski definition) is 1. The van der Waals surface area contributed by atoms with Crippen molar-refractivity contribution in [2.24, 2.45) is 5.73 Å². The first-order valence-electron chi connectivity index (χ1n) is 5.83. The van der Waals surface area contributed by atoms with Crippen LogP contribution in [0.25, 0.3) is 0 Å². The maximum Gasteiger partial charge on any atom is 0.137 e. The van der Waals surface area contributed by atoms with Crippen molar-refractivity contribution >= 4 is 11.8 Å². The number of methoxy groups -OCH3 is 1. The molecule has 1 atom stereocenters. The molecule has 17 heavy (non-hydrogen) atoms. The number of nitrogens with two attached hydrogens (primary N) is 1. The van der Waals surface area contributed by atoms with Crippen molar-refractivity contribution in [1.82, 2.24) is 0 Å². The van der Waals surface area contributed by atoms with Crippen LogP contribution < -0.4 is 5.73 Å². The minimum absolute atomic E-state index is 0.0959. The van der Waals surface area contributed by atoms with Crippen LogP contribution in [0, 0.1) is 5.82 Å². The van der Waals surface area contributed by atoms with E-state index >= 15 is 0 Å². The molecule has 0 saturated carbocycles. The molecule has 0 radical (unpaired) electrons. The van der Waals surface area contributed by atoms with E-state index in [0.717, 1.165) is 24.2 Å². The Kier molecular flexibility index (Phi) is 6.55. The average Bonchev–Trinajstić information content (AvgIpc) is 2.32. The maximum atomic E-state index is 13.7. The molecule has 0 heterocycles. The molecule has 0 aliphatic heterocycles. The quantitative estimate of drug-likeness (QED) is 0.602. The highest BCUT2D eigenvalue weighted by atomic mass is 32.2. The first-order valence-corrected chi connectivity index (χ1v) is 6.82. The van der Waals surface area contributed by atoms with Gasteiger partial charge in [0.1, 0.15) is 5.82 Å². The summed E-state index contributed by atoms with van der Waals surface area (Å²) in [5.41, 5.74) is 6.92. The summed E-state index contributed by atoms with van der Waals surface area (Å²) < 4.78 is 18.7. The minimum Gasteiger partial charge on any atom is -0.384 e. The Morgan fingerprint density at radius 2 is 2.24 bits per heavy atom. The van der Waals surface area contributed by atoms with Gasteiger partial charge in [0.15, 0.2) is 0 Å². The van der Waals surface area contributed by atoms with E-state index in [-0.39, 0.29) is 11.9 Å². The van der Waals surface area contributed by atoms with E-state index < -0.39 is 0 Å². The van der Waals surface area contributed by atoms with E-state index in [1.54, 1.807) is 13.2 Å². The zero-order chi connectivity index (χ0) is 12.7. The highest BCUT2D eigenvalue weighted by Crippen LogP contribution is 2.27. The second-order valence-corrected chi connectivity index (χ2v) is 5.05. The van der Waals surface area contributed by atoms with Gasteiger partial charge in [-0.2, -0.15) is 0 Å². The van der Waals surface area contributed by atoms with Gasteiger partial charge in [-0.05, 0) is 24.5 Å². The largest absolute Gasteiger partial charge is 0.384 e. The van der Waals surface area contributed by atoms with Gasteiger partial charge in [0.25, 0.3) is 0 Å². The number of hydrogen-bond acceptors (Lipinski definition) is 3. The van der Waals surface area contributed by atoms with E-state index in [0.29, 0.717) is 11.5 Å². The van der Waals surface area contributed by atoms with Gasteiger partial charge in [0.2, 0.25) is 0 Å². The molecule has 0 spiro atoms. The highest BCUT2D eigenvalue weighted by molar-refractivity contribution is 7.99. The molecular formula is C13H20FNOS. The smallest absolute Gasteiger partial charge is 0.137 e. The highest BCUT2D eigenvalue weighted by Gasteiger charge is 2.11. The Bertz CT molecular complexity index is 346. The van der Waals surface area contributed by atoms with Crippen molar-refractivity contribution < 1.29 is 9.13 Å². The van der Waals surface area contributed by atoms with Crippen LogP contribution in [0.2, 0.25) is 0 Å². The molecule has 0 aliphatic rings. The molecule has 0 fully saturated rings. The Morgan fingerprint density at radius 1 is 1.47 bits per heavy atom. The van der Waals surface area contributed by atoms with Gasteiger partial charge >= 0.3 is 0 Å². The van der Waals surface area contributed by atoms with E-state index in [2.05, 4.69) is 0 Å². The fourth-order valence-corrected chi connectivity index (χ4v) is 2.53. The second kappa shape index (κ2) is 7.69. The summed E-state index contributed by atoms with van der Waals surface area (Å²) in [4.78, 5) is 0.716. The zero-order valence-electron chi connectivity index (χ0n) is 10.4. The van der Waals surface area contributed by atoms with Crippen molar-refractivity contribution in [1.29, 1.82) is 0 Å². The lowest BCUT2D eigenvalue weighted by Gasteiger charge is -2.13. The van der Waals surface area contributed by atoms with Crippen molar-refractivity contribution in [2.45, 2.75) is 30.7 Å². The molecule has 1 rings (SSSR count). The maximum absolute atomic E-state index is 13.7. The fourth-order valence-electron chi connectivity index (χ4n) is 1.53. The van der Waals surface area contributed by atoms with Gasteiger partial charge in [-0.3, -0.25) is 0 Å². The summed E-state index contributed by atoms with van der Waals surface area (Å²) in [6, 6.07) is 5.29. The minimum atomic E-state index is -0.160. The van der Waals surface area contributed by atoms with Crippen LogP contribution >= 0.6 is 11.8 Å². The summed E-state index contributed by atoms with van der Waals surface area (Å²) in [5, 5.41) is 0. The summed E-state index contributed by atoms with van der Waals surface area (Å²) in [7, 11) is 1.65. The predicted octanol–water partition coefficient (Wildman–Crippen LogP) is 2.84. The fraction of sp³-hybridized carbons (Fsp3) is 0.538. The van der Waals surface area contributed by atoms with E-state index in [1.165, 1.54) is 17.8 Å². The number of halogens is 1. The average molecular weight is 257 g/mol. The lowest BCUT2D eigenvalue weighted by Crippen LogP contribution is -2.21. The normalized spacial score (nSPS) is 12.7. The van der Waals surface area contributed by atoms with Gasteiger partial charge in [-0.25, -0.2) is 4.39 Å². The van der Waals surface area contributed by atoms with Crippen LogP contribution in [0.5, 0.6) is 0 Å². The van der Waals surface area contributed by atoms with Gasteiger partial charge in [0.05, 0.1) is 6.61 Å². The van der Waals surface area contributed by atoms with Crippen molar-refractivity contribution in [2.75, 3.05) is 19.5 Å². The topological polar surface area (TPSA) is 35.2 Å². The third kappa shape index (κ3) is 4.66. The number of rotatable bonds is 7. The number of ether oxygens (including phenoxy) is 1. The Morgan fingerprint density at radius 3 is 2.88 bits per heavy atom. The molecule has 96 valence electrons. The van der Waals surface area contributed by atoms with Crippen LogP contribution in [0.15, 0.2) is 23.1 Å². The summed E-state index contributed by atoms with van der Waals surface area (Å²) in [5.74, 6) is 0.595. The molecule has 2 nitrogen and oxygen atoms in total. The molecule has 2 N–H and O–H groups in total. The van der Waals surface area contributed by atoms with E-state index in [4.69, 9.17) is 10.5 Å². The van der Waals surface area contributed by atoms with Crippen LogP contribution in [0.3, 0.4) is 0 Å². The molecule has 4 heteroatoms. The van der Waals surface area contributed by atoms with Gasteiger partial charge < -0.3 is 10.5 Å². The van der Waals surface area contributed by atoms with Crippen LogP contribution in [0.1, 0.15) is 18.9 Å². The van der Waals surface area contributed by atoms with Crippen molar-refractivity contribution in [3.63, 3.8) is 0 Å². The Balaban J connectivity index is 2.76. The summed E-state index contributed by atoms with van der Waals surface area (Å²) >= 11 is 1.50. The monoisotopic (exact) mass is 257 g/mol. The first kappa shape index (κ1) is 14.5. The number of thioether (sulfide) groups is 1. The van der Waals surface area contributed by atoms with Crippen LogP contribution in [-0.4, -0.2) is 25.5 Å². The SMILES string of the molecule is CCC(N)Cc1cccc(F)c1SCCOC.